The Morgan fingerprint density at radius 1 is 0.667 bits per heavy atom. The zero-order chi connectivity index (χ0) is 14.4. The largest absolute Gasteiger partial charge is 0.344 e. The summed E-state index contributed by atoms with van der Waals surface area (Å²) in [7, 11) is 0. The summed E-state index contributed by atoms with van der Waals surface area (Å²) >= 11 is 7.21. The van der Waals surface area contributed by atoms with Crippen molar-refractivity contribution in [2.45, 2.75) is 40.5 Å². The Kier molecular flexibility index (Phi) is 48.5. The van der Waals surface area contributed by atoms with Crippen LogP contribution in [0.3, 0.4) is 0 Å². The van der Waals surface area contributed by atoms with Crippen LogP contribution in [-0.2, 0) is 44.7 Å². The monoisotopic (exact) mass is 517 g/mol. The Hall–Kier alpha value is 1.71. The Morgan fingerprint density at radius 3 is 0.667 bits per heavy atom. The fourth-order valence-corrected chi connectivity index (χ4v) is 0. The third-order valence-electron chi connectivity index (χ3n) is 0. The van der Waals surface area contributed by atoms with Gasteiger partial charge in [-0.2, -0.15) is 0 Å². The van der Waals surface area contributed by atoms with Crippen LogP contribution in [-0.4, -0.2) is 29.4 Å². The van der Waals surface area contributed by atoms with Crippen LogP contribution in [0.5, 0.6) is 0 Å². The zero-order valence-corrected chi connectivity index (χ0v) is 17.3. The molecular formula is C6H25NO6P2S2W. The quantitative estimate of drug-likeness (QED) is 0.236. The third kappa shape index (κ3) is 1690. The predicted octanol–water partition coefficient (Wildman–Crippen LogP) is 1.37. The standard InChI is InChI=1S/2C3H8.H3N.2H3O3PS.W/c2*1-3-2;;2*1-4(2,3)5;/h2*3H2,1-2H3;1H3;2*(H3,1,2,3,5);. The average molecular weight is 517 g/mol. The van der Waals surface area contributed by atoms with Crippen LogP contribution < -0.4 is 6.15 Å². The molecule has 0 aromatic carbocycles. The van der Waals surface area contributed by atoms with Gasteiger partial charge in [-0.25, -0.2) is 0 Å². The summed E-state index contributed by atoms with van der Waals surface area (Å²) in [5, 5.41) is 0. The summed E-state index contributed by atoms with van der Waals surface area (Å²) < 4.78 is 0. The minimum Gasteiger partial charge on any atom is -0.344 e. The minimum absolute atomic E-state index is 0. The van der Waals surface area contributed by atoms with Crippen LogP contribution in [0.4, 0.5) is 0 Å². The van der Waals surface area contributed by atoms with E-state index in [1.165, 1.54) is 12.8 Å². The van der Waals surface area contributed by atoms with E-state index in [1.807, 2.05) is 0 Å². The van der Waals surface area contributed by atoms with Gasteiger partial charge < -0.3 is 35.5 Å². The fourth-order valence-electron chi connectivity index (χ4n) is 0. The number of hydrogen-bond donors (Lipinski definition) is 7. The van der Waals surface area contributed by atoms with Crippen LogP contribution >= 0.6 is 13.4 Å². The minimum atomic E-state index is -3.81. The van der Waals surface area contributed by atoms with Gasteiger partial charge in [0.25, 0.3) is 0 Å². The molecule has 0 aliphatic carbocycles. The molecule has 0 saturated carbocycles. The van der Waals surface area contributed by atoms with Crippen LogP contribution in [0, 0.1) is 0 Å². The van der Waals surface area contributed by atoms with Crippen LogP contribution in [0.25, 0.3) is 0 Å². The summed E-state index contributed by atoms with van der Waals surface area (Å²) in [6.07, 6.45) is 2.50. The van der Waals surface area contributed by atoms with Gasteiger partial charge in [0.1, 0.15) is 0 Å². The molecule has 12 heteroatoms. The molecular weight excluding hydrogens is 492 g/mol. The zero-order valence-electron chi connectivity index (χ0n) is 10.9. The Balaban J connectivity index is -0.0000000265. The van der Waals surface area contributed by atoms with Gasteiger partial charge in [-0.1, -0.05) is 40.5 Å². The molecule has 0 aromatic heterocycles. The Bertz CT molecular complexity index is 174. The smallest absolute Gasteiger partial charge is 0.319 e. The first-order valence-electron chi connectivity index (χ1n) is 4.39. The summed E-state index contributed by atoms with van der Waals surface area (Å²) in [6, 6.07) is 0. The Morgan fingerprint density at radius 2 is 0.667 bits per heavy atom. The molecule has 0 amide bonds. The maximum Gasteiger partial charge on any atom is 0.319 e. The molecule has 0 aliphatic heterocycles. The molecule has 0 aromatic rings. The van der Waals surface area contributed by atoms with E-state index in [-0.39, 0.29) is 27.2 Å². The van der Waals surface area contributed by atoms with Crippen molar-refractivity contribution in [3.8, 4) is 0 Å². The molecule has 0 heterocycles. The van der Waals surface area contributed by atoms with Crippen molar-refractivity contribution in [3.05, 3.63) is 0 Å². The van der Waals surface area contributed by atoms with Crippen molar-refractivity contribution in [2.24, 2.45) is 0 Å². The third-order valence-corrected chi connectivity index (χ3v) is 0. The van der Waals surface area contributed by atoms with E-state index >= 15 is 0 Å². The molecule has 18 heavy (non-hydrogen) atoms. The van der Waals surface area contributed by atoms with Gasteiger partial charge in [0.15, 0.2) is 0 Å². The molecule has 0 saturated heterocycles. The second kappa shape index (κ2) is 23.8. The second-order valence-electron chi connectivity index (χ2n) is 2.44. The van der Waals surface area contributed by atoms with E-state index < -0.39 is 13.4 Å². The Labute approximate surface area is 134 Å². The van der Waals surface area contributed by atoms with E-state index in [0.29, 0.717) is 0 Å². The maximum atomic E-state index is 7.56. The first kappa shape index (κ1) is 36.7. The molecule has 0 aliphatic rings. The molecule has 0 unspecified atom stereocenters. The van der Waals surface area contributed by atoms with E-state index in [1.54, 1.807) is 0 Å². The van der Waals surface area contributed by atoms with Crippen LogP contribution in [0.2, 0.25) is 0 Å². The molecule has 0 rings (SSSR count). The van der Waals surface area contributed by atoms with Gasteiger partial charge in [0, 0.05) is 21.1 Å². The maximum absolute atomic E-state index is 7.56. The van der Waals surface area contributed by atoms with Crippen LogP contribution in [0.15, 0.2) is 0 Å². The first-order chi connectivity index (χ1) is 6.83. The van der Waals surface area contributed by atoms with E-state index in [4.69, 9.17) is 29.4 Å². The first-order valence-corrected chi connectivity index (χ1v) is 9.71. The second-order valence-corrected chi connectivity index (χ2v) is 7.43. The van der Waals surface area contributed by atoms with Crippen LogP contribution in [0.1, 0.15) is 40.5 Å². The predicted molar refractivity (Wildman–Crippen MR) is 78.8 cm³/mol. The van der Waals surface area contributed by atoms with Gasteiger partial charge in [0.05, 0.1) is 0 Å². The molecule has 0 fully saturated rings. The average Bonchev–Trinajstić information content (AvgIpc) is 1.79. The molecule has 0 bridgehead atoms. The molecule has 0 atom stereocenters. The summed E-state index contributed by atoms with van der Waals surface area (Å²) in [4.78, 5) is 45.3. The van der Waals surface area contributed by atoms with E-state index in [2.05, 4.69) is 51.3 Å². The van der Waals surface area contributed by atoms with Gasteiger partial charge in [-0.15, -0.1) is 0 Å². The van der Waals surface area contributed by atoms with Gasteiger partial charge in [-0.3, -0.25) is 0 Å². The molecule has 0 radical (unpaired) electrons. The summed E-state index contributed by atoms with van der Waals surface area (Å²) in [6.45, 7) is 0.889. The molecule has 9 N–H and O–H groups in total. The fraction of sp³-hybridized carbons (Fsp3) is 1.00. The van der Waals surface area contributed by atoms with Gasteiger partial charge in [0.2, 0.25) is 0 Å². The van der Waals surface area contributed by atoms with Gasteiger partial charge in [-0.05, 0) is 23.6 Å². The molecule has 118 valence electrons. The van der Waals surface area contributed by atoms with Crippen molar-refractivity contribution in [1.29, 1.82) is 0 Å². The van der Waals surface area contributed by atoms with Gasteiger partial charge >= 0.3 is 13.4 Å². The summed E-state index contributed by atoms with van der Waals surface area (Å²) in [5.41, 5.74) is 0. The molecule has 7 nitrogen and oxygen atoms in total. The van der Waals surface area contributed by atoms with E-state index in [9.17, 15) is 0 Å². The summed E-state index contributed by atoms with van der Waals surface area (Å²) in [5.74, 6) is 0. The topological polar surface area (TPSA) is 156 Å². The molecule has 0 spiro atoms. The van der Waals surface area contributed by atoms with Crippen molar-refractivity contribution < 1.29 is 50.4 Å². The SMILES string of the molecule is CCC.CCC.N.OP(O)(O)=S.OP(O)(O)=S.[W]. The number of hydrogen-bond acceptors (Lipinski definition) is 3. The van der Waals surface area contributed by atoms with Crippen molar-refractivity contribution in [3.63, 3.8) is 0 Å². The normalized spacial score (nSPS) is 8.56. The number of rotatable bonds is 0. The van der Waals surface area contributed by atoms with Crippen molar-refractivity contribution in [1.82, 2.24) is 6.15 Å². The van der Waals surface area contributed by atoms with Crippen molar-refractivity contribution >= 4 is 37.1 Å². The van der Waals surface area contributed by atoms with E-state index in [0.717, 1.165) is 0 Å². The van der Waals surface area contributed by atoms with Crippen molar-refractivity contribution in [2.75, 3.05) is 0 Å².